The van der Waals surface area contributed by atoms with Gasteiger partial charge in [0.05, 0.1) is 29.7 Å². The fraction of sp³-hybridized carbons (Fsp3) is 0.161. The summed E-state index contributed by atoms with van der Waals surface area (Å²) in [5, 5.41) is 8.62. The first-order valence-corrected chi connectivity index (χ1v) is 13.0. The number of urea groups is 1. The monoisotopic (exact) mass is 521 g/mol. The molecule has 7 heteroatoms. The minimum atomic E-state index is -0.317. The van der Waals surface area contributed by atoms with E-state index in [-0.39, 0.29) is 12.1 Å². The highest BCUT2D eigenvalue weighted by atomic mass is 35.5. The Hall–Kier alpha value is -4.29. The Balaban J connectivity index is 1.52. The van der Waals surface area contributed by atoms with Crippen LogP contribution in [0.2, 0.25) is 5.02 Å². The summed E-state index contributed by atoms with van der Waals surface area (Å²) < 4.78 is 4.14. The van der Waals surface area contributed by atoms with E-state index in [0.717, 1.165) is 39.6 Å². The van der Waals surface area contributed by atoms with E-state index in [0.29, 0.717) is 17.3 Å². The van der Waals surface area contributed by atoms with Crippen LogP contribution in [0.3, 0.4) is 0 Å². The van der Waals surface area contributed by atoms with E-state index in [1.54, 1.807) is 6.07 Å². The van der Waals surface area contributed by atoms with Gasteiger partial charge in [0.15, 0.2) is 0 Å². The maximum Gasteiger partial charge on any atom is 0.322 e. The molecule has 190 valence electrons. The van der Waals surface area contributed by atoms with Gasteiger partial charge in [0.1, 0.15) is 5.82 Å². The number of anilines is 1. The highest BCUT2D eigenvalue weighted by Crippen LogP contribution is 2.39. The average molecular weight is 522 g/mol. The molecular weight excluding hydrogens is 494 g/mol. The van der Waals surface area contributed by atoms with E-state index in [1.807, 2.05) is 72.0 Å². The van der Waals surface area contributed by atoms with E-state index < -0.39 is 0 Å². The quantitative estimate of drug-likeness (QED) is 0.269. The number of para-hydroxylation sites is 1. The zero-order chi connectivity index (χ0) is 26.4. The van der Waals surface area contributed by atoms with Gasteiger partial charge in [-0.1, -0.05) is 65.7 Å². The maximum atomic E-state index is 14.0. The second kappa shape index (κ2) is 9.54. The lowest BCUT2D eigenvalue weighted by Gasteiger charge is -2.31. The van der Waals surface area contributed by atoms with Crippen LogP contribution in [0.15, 0.2) is 91.1 Å². The van der Waals surface area contributed by atoms with Crippen molar-refractivity contribution in [3.05, 3.63) is 130 Å². The lowest BCUT2D eigenvalue weighted by atomic mass is 10.0. The Morgan fingerprint density at radius 3 is 2.45 bits per heavy atom. The predicted molar refractivity (Wildman–Crippen MR) is 151 cm³/mol. The molecule has 1 aliphatic rings. The largest absolute Gasteiger partial charge is 0.322 e. The molecule has 3 heterocycles. The third kappa shape index (κ3) is 4.17. The van der Waals surface area contributed by atoms with Crippen LogP contribution in [0, 0.1) is 20.8 Å². The summed E-state index contributed by atoms with van der Waals surface area (Å²) in [5.41, 5.74) is 7.66. The molecule has 0 unspecified atom stereocenters. The van der Waals surface area contributed by atoms with Crippen LogP contribution in [0.25, 0.3) is 11.5 Å². The third-order valence-corrected chi connectivity index (χ3v) is 7.57. The Bertz CT molecular complexity index is 1640. The lowest BCUT2D eigenvalue weighted by Crippen LogP contribution is -2.38. The molecule has 0 spiro atoms. The Morgan fingerprint density at radius 1 is 0.947 bits per heavy atom. The molecule has 38 heavy (non-hydrogen) atoms. The Morgan fingerprint density at radius 2 is 1.71 bits per heavy atom. The molecule has 1 aliphatic heterocycles. The molecule has 6 nitrogen and oxygen atoms in total. The second-order valence-corrected chi connectivity index (χ2v) is 10.2. The fourth-order valence-corrected chi connectivity index (χ4v) is 5.30. The van der Waals surface area contributed by atoms with Crippen LogP contribution >= 0.6 is 11.6 Å². The van der Waals surface area contributed by atoms with Gasteiger partial charge in [-0.3, -0.25) is 0 Å². The van der Waals surface area contributed by atoms with Crippen LogP contribution < -0.4 is 5.32 Å². The number of nitrogens with one attached hydrogen (secondary N) is 1. The number of carbonyl (C=O) groups is 1. The van der Waals surface area contributed by atoms with Crippen LogP contribution in [0.5, 0.6) is 0 Å². The first-order chi connectivity index (χ1) is 18.4. The molecule has 6 rings (SSSR count). The van der Waals surface area contributed by atoms with Gasteiger partial charge < -0.3 is 14.8 Å². The van der Waals surface area contributed by atoms with Crippen molar-refractivity contribution in [3.8, 4) is 11.5 Å². The van der Waals surface area contributed by atoms with Crippen LogP contribution in [-0.4, -0.2) is 25.3 Å². The molecule has 0 saturated heterocycles. The topological polar surface area (TPSA) is 55.1 Å². The number of nitrogens with zero attached hydrogens (tertiary/aromatic N) is 4. The molecule has 0 fully saturated rings. The standard InChI is InChI=1S/C31H28ClN5O/c1-20-11-14-23(15-12-20)29-28-10-7-17-35(28)30-26(22(3)34-37(30)25-8-5-4-6-9-25)19-36(29)31(38)33-24-16-13-21(2)27(32)18-24/h4-18,29H,19H2,1-3H3,(H,33,38)/t29-/m0/s1. The van der Waals surface area contributed by atoms with Gasteiger partial charge in [0, 0.05) is 22.5 Å². The van der Waals surface area contributed by atoms with Gasteiger partial charge in [-0.05, 0) is 68.3 Å². The molecule has 2 aromatic heterocycles. The van der Waals surface area contributed by atoms with Crippen molar-refractivity contribution in [2.45, 2.75) is 33.4 Å². The van der Waals surface area contributed by atoms with E-state index in [9.17, 15) is 4.79 Å². The van der Waals surface area contributed by atoms with Crippen molar-refractivity contribution < 1.29 is 4.79 Å². The first-order valence-electron chi connectivity index (χ1n) is 12.6. The van der Waals surface area contributed by atoms with E-state index in [4.69, 9.17) is 16.7 Å². The van der Waals surface area contributed by atoms with Crippen molar-refractivity contribution in [1.29, 1.82) is 0 Å². The molecule has 1 N–H and O–H groups in total. The maximum absolute atomic E-state index is 14.0. The van der Waals surface area contributed by atoms with Crippen molar-refractivity contribution in [1.82, 2.24) is 19.2 Å². The number of aromatic nitrogens is 3. The molecule has 0 bridgehead atoms. The highest BCUT2D eigenvalue weighted by Gasteiger charge is 2.36. The molecule has 3 aromatic carbocycles. The van der Waals surface area contributed by atoms with Gasteiger partial charge in [0.2, 0.25) is 0 Å². The van der Waals surface area contributed by atoms with Crippen LogP contribution in [0.1, 0.15) is 39.7 Å². The summed E-state index contributed by atoms with van der Waals surface area (Å²) in [6.45, 7) is 6.40. The minimum Gasteiger partial charge on any atom is -0.308 e. The number of amides is 2. The number of rotatable bonds is 3. The number of fused-ring (bicyclic) bond motifs is 3. The Labute approximate surface area is 227 Å². The molecule has 2 amide bonds. The van der Waals surface area contributed by atoms with Gasteiger partial charge >= 0.3 is 6.03 Å². The lowest BCUT2D eigenvalue weighted by molar-refractivity contribution is 0.194. The van der Waals surface area contributed by atoms with E-state index >= 15 is 0 Å². The van der Waals surface area contributed by atoms with Gasteiger partial charge in [0.25, 0.3) is 0 Å². The summed E-state index contributed by atoms with van der Waals surface area (Å²) in [6, 6.07) is 27.7. The van der Waals surface area contributed by atoms with Gasteiger partial charge in [-0.15, -0.1) is 0 Å². The fourth-order valence-electron chi connectivity index (χ4n) is 5.11. The van der Waals surface area contributed by atoms with Crippen molar-refractivity contribution >= 4 is 23.3 Å². The van der Waals surface area contributed by atoms with Gasteiger partial charge in [-0.2, -0.15) is 5.10 Å². The zero-order valence-corrected chi connectivity index (χ0v) is 22.3. The van der Waals surface area contributed by atoms with Crippen molar-refractivity contribution in [3.63, 3.8) is 0 Å². The van der Waals surface area contributed by atoms with Crippen molar-refractivity contribution in [2.75, 3.05) is 5.32 Å². The number of aryl methyl sites for hydroxylation is 3. The Kier molecular flexibility index (Phi) is 6.04. The summed E-state index contributed by atoms with van der Waals surface area (Å²) in [6.07, 6.45) is 2.05. The zero-order valence-electron chi connectivity index (χ0n) is 21.5. The summed E-state index contributed by atoms with van der Waals surface area (Å²) in [7, 11) is 0. The van der Waals surface area contributed by atoms with Crippen LogP contribution in [0.4, 0.5) is 10.5 Å². The minimum absolute atomic E-state index is 0.206. The second-order valence-electron chi connectivity index (χ2n) is 9.77. The molecule has 0 aliphatic carbocycles. The van der Waals surface area contributed by atoms with E-state index in [2.05, 4.69) is 53.3 Å². The van der Waals surface area contributed by atoms with Gasteiger partial charge in [-0.25, -0.2) is 9.48 Å². The molecular formula is C31H28ClN5O. The SMILES string of the molecule is Cc1ccc([C@H]2c3cccn3-c3c(c(C)nn3-c3ccccc3)CN2C(=O)Nc2ccc(C)c(Cl)c2)cc1. The first kappa shape index (κ1) is 24.1. The number of hydrogen-bond donors (Lipinski definition) is 1. The summed E-state index contributed by atoms with van der Waals surface area (Å²) in [5.74, 6) is 0.944. The molecule has 0 radical (unpaired) electrons. The molecule has 1 atom stereocenters. The summed E-state index contributed by atoms with van der Waals surface area (Å²) >= 11 is 6.37. The average Bonchev–Trinajstić information content (AvgIpc) is 3.48. The smallest absolute Gasteiger partial charge is 0.308 e. The van der Waals surface area contributed by atoms with Crippen molar-refractivity contribution in [2.24, 2.45) is 0 Å². The number of halogens is 1. The van der Waals surface area contributed by atoms with Crippen LogP contribution in [-0.2, 0) is 6.54 Å². The predicted octanol–water partition coefficient (Wildman–Crippen LogP) is 7.38. The number of hydrogen-bond acceptors (Lipinski definition) is 2. The molecule has 5 aromatic rings. The highest BCUT2D eigenvalue weighted by molar-refractivity contribution is 6.31. The number of benzene rings is 3. The third-order valence-electron chi connectivity index (χ3n) is 7.16. The van der Waals surface area contributed by atoms with E-state index in [1.165, 1.54) is 5.56 Å². The number of carbonyl (C=O) groups excluding carboxylic acids is 1. The summed E-state index contributed by atoms with van der Waals surface area (Å²) in [4.78, 5) is 15.9. The normalized spacial score (nSPS) is 14.5. The molecule has 0 saturated carbocycles.